The lowest BCUT2D eigenvalue weighted by Gasteiger charge is -2.18. The van der Waals surface area contributed by atoms with Crippen molar-refractivity contribution in [2.24, 2.45) is 0 Å². The standard InChI is InChI=1S/C7H4B2F2O/c8-7(9,12)4-1-5(10)3-6(11)2-4/h1-3,12H. The smallest absolute Gasteiger partial charge is 0.126 e. The number of aliphatic hydroxyl groups is 1. The quantitative estimate of drug-likeness (QED) is 0.595. The topological polar surface area (TPSA) is 20.2 Å². The first-order chi connectivity index (χ1) is 5.39. The van der Waals surface area contributed by atoms with Crippen molar-refractivity contribution >= 4 is 15.7 Å². The summed E-state index contributed by atoms with van der Waals surface area (Å²) >= 11 is 0. The van der Waals surface area contributed by atoms with E-state index in [4.69, 9.17) is 20.8 Å². The summed E-state index contributed by atoms with van der Waals surface area (Å²) in [6.45, 7) is 0. The molecule has 0 atom stereocenters. The molecule has 0 aromatic heterocycles. The molecule has 0 aliphatic rings. The van der Waals surface area contributed by atoms with Crippen LogP contribution in [-0.4, -0.2) is 20.8 Å². The molecule has 1 aromatic carbocycles. The fraction of sp³-hybridized carbons (Fsp3) is 0.143. The zero-order valence-electron chi connectivity index (χ0n) is 6.09. The second-order valence-corrected chi connectivity index (χ2v) is 2.48. The van der Waals surface area contributed by atoms with Crippen molar-refractivity contribution in [1.82, 2.24) is 0 Å². The monoisotopic (exact) mass is 164 g/mol. The highest BCUT2D eigenvalue weighted by atomic mass is 19.1. The first-order valence-electron chi connectivity index (χ1n) is 3.16. The third-order valence-electron chi connectivity index (χ3n) is 1.32. The zero-order valence-corrected chi connectivity index (χ0v) is 6.09. The molecule has 1 nitrogen and oxygen atoms in total. The van der Waals surface area contributed by atoms with Crippen molar-refractivity contribution in [3.05, 3.63) is 35.4 Å². The van der Waals surface area contributed by atoms with Crippen LogP contribution in [-0.2, 0) is 5.40 Å². The molecular weight excluding hydrogens is 160 g/mol. The molecular formula is C7H4B2F2O. The van der Waals surface area contributed by atoms with Gasteiger partial charge in [-0.1, -0.05) is 0 Å². The van der Waals surface area contributed by atoms with Crippen LogP contribution in [0.1, 0.15) is 5.56 Å². The van der Waals surface area contributed by atoms with Crippen LogP contribution in [0, 0.1) is 11.6 Å². The van der Waals surface area contributed by atoms with E-state index >= 15 is 0 Å². The van der Waals surface area contributed by atoms with Gasteiger partial charge in [0.15, 0.2) is 0 Å². The van der Waals surface area contributed by atoms with Gasteiger partial charge in [-0.25, -0.2) is 8.78 Å². The van der Waals surface area contributed by atoms with Crippen LogP contribution in [0.2, 0.25) is 0 Å². The number of rotatable bonds is 1. The van der Waals surface area contributed by atoms with E-state index in [-0.39, 0.29) is 5.56 Å². The maximum Gasteiger partial charge on any atom is 0.126 e. The molecule has 0 bridgehead atoms. The Balaban J connectivity index is 3.18. The Kier molecular flexibility index (Phi) is 2.24. The molecule has 0 aliphatic carbocycles. The van der Waals surface area contributed by atoms with Crippen molar-refractivity contribution in [2.75, 3.05) is 0 Å². The SMILES string of the molecule is [B]C([B])(O)c1cc(F)cc(F)c1. The maximum atomic E-state index is 12.5. The molecule has 0 amide bonds. The Bertz CT molecular complexity index is 276. The van der Waals surface area contributed by atoms with Gasteiger partial charge >= 0.3 is 0 Å². The van der Waals surface area contributed by atoms with E-state index in [0.29, 0.717) is 6.07 Å². The molecule has 58 valence electrons. The number of benzene rings is 1. The normalized spacial score (nSPS) is 11.6. The van der Waals surface area contributed by atoms with Crippen LogP contribution in [0.25, 0.3) is 0 Å². The summed E-state index contributed by atoms with van der Waals surface area (Å²) in [5, 5.41) is 6.75. The van der Waals surface area contributed by atoms with Gasteiger partial charge in [0.05, 0.1) is 0 Å². The minimum Gasteiger partial charge on any atom is -0.405 e. The highest BCUT2D eigenvalue weighted by Crippen LogP contribution is 2.16. The van der Waals surface area contributed by atoms with Gasteiger partial charge in [0.2, 0.25) is 0 Å². The van der Waals surface area contributed by atoms with Crippen molar-refractivity contribution in [2.45, 2.75) is 5.40 Å². The first kappa shape index (κ1) is 9.26. The van der Waals surface area contributed by atoms with E-state index < -0.39 is 17.0 Å². The van der Waals surface area contributed by atoms with Gasteiger partial charge in [-0.2, -0.15) is 0 Å². The molecule has 0 aliphatic heterocycles. The number of hydrogen-bond acceptors (Lipinski definition) is 1. The molecule has 0 unspecified atom stereocenters. The Morgan fingerprint density at radius 3 is 1.83 bits per heavy atom. The van der Waals surface area contributed by atoms with E-state index in [2.05, 4.69) is 0 Å². The molecule has 0 saturated heterocycles. The Hall–Kier alpha value is -0.830. The van der Waals surface area contributed by atoms with E-state index in [9.17, 15) is 8.78 Å². The summed E-state index contributed by atoms with van der Waals surface area (Å²) in [7, 11) is 9.99. The van der Waals surface area contributed by atoms with Crippen molar-refractivity contribution in [1.29, 1.82) is 0 Å². The van der Waals surface area contributed by atoms with E-state index in [1.54, 1.807) is 0 Å². The van der Waals surface area contributed by atoms with Crippen LogP contribution in [0.3, 0.4) is 0 Å². The van der Waals surface area contributed by atoms with Crippen LogP contribution in [0.4, 0.5) is 8.78 Å². The van der Waals surface area contributed by atoms with E-state index in [1.165, 1.54) is 0 Å². The Morgan fingerprint density at radius 1 is 1.08 bits per heavy atom. The summed E-state index contributed by atoms with van der Waals surface area (Å²) in [5.74, 6) is -1.67. The van der Waals surface area contributed by atoms with Gasteiger partial charge in [0.1, 0.15) is 27.3 Å². The molecule has 1 N–H and O–H groups in total. The molecule has 4 radical (unpaired) electrons. The minimum absolute atomic E-state index is 0.208. The minimum atomic E-state index is -2.21. The van der Waals surface area contributed by atoms with Crippen LogP contribution in [0.15, 0.2) is 18.2 Å². The van der Waals surface area contributed by atoms with Crippen LogP contribution >= 0.6 is 0 Å². The molecule has 1 rings (SSSR count). The summed E-state index contributed by atoms with van der Waals surface area (Å²) in [6, 6.07) is 2.39. The van der Waals surface area contributed by atoms with Gasteiger partial charge in [-0.05, 0) is 17.7 Å². The van der Waals surface area contributed by atoms with Crippen molar-refractivity contribution in [3.8, 4) is 0 Å². The third kappa shape index (κ3) is 2.08. The molecule has 5 heteroatoms. The highest BCUT2D eigenvalue weighted by molar-refractivity contribution is 6.38. The van der Waals surface area contributed by atoms with Gasteiger partial charge in [-0.3, -0.25) is 0 Å². The number of hydrogen-bond donors (Lipinski definition) is 1. The van der Waals surface area contributed by atoms with Gasteiger partial charge in [0.25, 0.3) is 0 Å². The lowest BCUT2D eigenvalue weighted by atomic mass is 9.61. The van der Waals surface area contributed by atoms with Gasteiger partial charge < -0.3 is 5.11 Å². The summed E-state index contributed by atoms with van der Waals surface area (Å²) in [6.07, 6.45) is 0. The zero-order chi connectivity index (χ0) is 9.35. The van der Waals surface area contributed by atoms with Gasteiger partial charge in [-0.15, -0.1) is 0 Å². The molecule has 12 heavy (non-hydrogen) atoms. The Labute approximate surface area is 71.2 Å². The molecule has 1 aromatic rings. The predicted octanol–water partition coefficient (Wildman–Crippen LogP) is 0.404. The number of halogens is 2. The second-order valence-electron chi connectivity index (χ2n) is 2.48. The van der Waals surface area contributed by atoms with Gasteiger partial charge in [0, 0.05) is 11.5 Å². The summed E-state index contributed by atoms with van der Waals surface area (Å²) in [4.78, 5) is 0. The lowest BCUT2D eigenvalue weighted by molar-refractivity contribution is 0.216. The maximum absolute atomic E-state index is 12.5. The van der Waals surface area contributed by atoms with E-state index in [1.807, 2.05) is 0 Å². The molecule has 0 heterocycles. The Morgan fingerprint density at radius 2 is 1.50 bits per heavy atom. The predicted molar refractivity (Wildman–Crippen MR) is 41.8 cm³/mol. The first-order valence-corrected chi connectivity index (χ1v) is 3.16. The van der Waals surface area contributed by atoms with Crippen molar-refractivity contribution < 1.29 is 13.9 Å². The molecule has 0 spiro atoms. The fourth-order valence-corrected chi connectivity index (χ4v) is 0.785. The average Bonchev–Trinajstić information content (AvgIpc) is 1.82. The van der Waals surface area contributed by atoms with E-state index in [0.717, 1.165) is 12.1 Å². The summed E-state index contributed by atoms with van der Waals surface area (Å²) < 4.78 is 25.0. The lowest BCUT2D eigenvalue weighted by Crippen LogP contribution is -2.26. The molecule has 0 saturated carbocycles. The second kappa shape index (κ2) is 2.90. The fourth-order valence-electron chi connectivity index (χ4n) is 0.785. The average molecular weight is 164 g/mol. The van der Waals surface area contributed by atoms with Crippen LogP contribution < -0.4 is 0 Å². The molecule has 0 fully saturated rings. The van der Waals surface area contributed by atoms with Crippen molar-refractivity contribution in [3.63, 3.8) is 0 Å². The third-order valence-corrected chi connectivity index (χ3v) is 1.32. The summed E-state index contributed by atoms with van der Waals surface area (Å²) in [5.41, 5.74) is -0.208. The van der Waals surface area contributed by atoms with Crippen LogP contribution in [0.5, 0.6) is 0 Å². The largest absolute Gasteiger partial charge is 0.405 e. The highest BCUT2D eigenvalue weighted by Gasteiger charge is 2.16.